The summed E-state index contributed by atoms with van der Waals surface area (Å²) in [4.78, 5) is 9.12. The number of nitrogens with two attached hydrogens (primary N) is 1. The fraction of sp³-hybridized carbons (Fsp3) is 0.222. The molecule has 0 heterocycles. The maximum absolute atomic E-state index is 10.7. The Kier molecular flexibility index (Phi) is 6.00. The average Bonchev–Trinajstić information content (AvgIpc) is 2.18. The molecule has 0 unspecified atom stereocenters. The molecule has 1 aromatic carbocycles. The molecular formula is C9H9BrF3NO. The normalized spacial score (nSPS) is 10.1. The number of carbonyl (C=O) groups is 1. The Bertz CT molecular complexity index is 300. The van der Waals surface area contributed by atoms with E-state index in [2.05, 4.69) is 33.8 Å². The first-order valence-corrected chi connectivity index (χ1v) is 4.96. The van der Waals surface area contributed by atoms with Gasteiger partial charge in [0.15, 0.2) is 0 Å². The van der Waals surface area contributed by atoms with Crippen molar-refractivity contribution in [2.24, 2.45) is 5.73 Å². The Hall–Kier alpha value is -1.04. The van der Waals surface area contributed by atoms with E-state index >= 15 is 0 Å². The summed E-state index contributed by atoms with van der Waals surface area (Å²) in [6.45, 7) is 0. The van der Waals surface area contributed by atoms with Gasteiger partial charge in [0.1, 0.15) is 0 Å². The molecule has 0 radical (unpaired) electrons. The zero-order chi connectivity index (χ0) is 11.9. The van der Waals surface area contributed by atoms with Crippen molar-refractivity contribution in [2.45, 2.75) is 11.5 Å². The van der Waals surface area contributed by atoms with E-state index in [1.807, 2.05) is 18.2 Å². The van der Waals surface area contributed by atoms with E-state index in [0.29, 0.717) is 0 Å². The van der Waals surface area contributed by atoms with Crippen molar-refractivity contribution in [3.8, 4) is 0 Å². The highest BCUT2D eigenvalue weighted by Gasteiger charge is 2.35. The predicted octanol–water partition coefficient (Wildman–Crippen LogP) is 2.62. The second-order valence-electron chi connectivity index (χ2n) is 2.48. The molecule has 0 aliphatic carbocycles. The van der Waals surface area contributed by atoms with E-state index in [1.54, 1.807) is 0 Å². The number of hydrogen-bond donors (Lipinski definition) is 1. The molecule has 1 aromatic rings. The van der Waals surface area contributed by atoms with E-state index in [1.165, 1.54) is 5.56 Å². The lowest BCUT2D eigenvalue weighted by Gasteiger charge is -1.95. The molecule has 15 heavy (non-hydrogen) atoms. The summed E-state index contributed by atoms with van der Waals surface area (Å²) in [5.74, 6) is -2.26. The van der Waals surface area contributed by atoms with Crippen LogP contribution in [-0.4, -0.2) is 12.1 Å². The highest BCUT2D eigenvalue weighted by Crippen LogP contribution is 2.11. The SMILES string of the molecule is BrCc1ccccc1.NC(=O)C(F)(F)F. The summed E-state index contributed by atoms with van der Waals surface area (Å²) in [7, 11) is 0. The van der Waals surface area contributed by atoms with Crippen LogP contribution in [0.3, 0.4) is 0 Å². The molecule has 0 saturated heterocycles. The van der Waals surface area contributed by atoms with Crippen LogP contribution in [0.2, 0.25) is 0 Å². The maximum atomic E-state index is 10.7. The van der Waals surface area contributed by atoms with Crippen molar-refractivity contribution < 1.29 is 18.0 Å². The van der Waals surface area contributed by atoms with Crippen molar-refractivity contribution in [3.05, 3.63) is 35.9 Å². The first-order valence-electron chi connectivity index (χ1n) is 3.84. The minimum atomic E-state index is -4.86. The molecule has 2 nitrogen and oxygen atoms in total. The Balaban J connectivity index is 0.000000265. The van der Waals surface area contributed by atoms with Gasteiger partial charge in [0.2, 0.25) is 0 Å². The van der Waals surface area contributed by atoms with Gasteiger partial charge in [0.25, 0.3) is 0 Å². The van der Waals surface area contributed by atoms with Crippen LogP contribution in [0.5, 0.6) is 0 Å². The molecule has 0 fully saturated rings. The van der Waals surface area contributed by atoms with Crippen molar-refractivity contribution in [3.63, 3.8) is 0 Å². The van der Waals surface area contributed by atoms with Gasteiger partial charge in [-0.15, -0.1) is 0 Å². The molecule has 84 valence electrons. The number of primary amides is 1. The van der Waals surface area contributed by atoms with Gasteiger partial charge in [0, 0.05) is 5.33 Å². The van der Waals surface area contributed by atoms with Crippen LogP contribution in [0.25, 0.3) is 0 Å². The van der Waals surface area contributed by atoms with Gasteiger partial charge in [-0.2, -0.15) is 13.2 Å². The lowest BCUT2D eigenvalue weighted by atomic mass is 10.2. The molecule has 0 aliphatic heterocycles. The fourth-order valence-corrected chi connectivity index (χ4v) is 0.941. The van der Waals surface area contributed by atoms with E-state index < -0.39 is 12.1 Å². The van der Waals surface area contributed by atoms with Gasteiger partial charge >= 0.3 is 12.1 Å². The Morgan fingerprint density at radius 1 is 1.27 bits per heavy atom. The van der Waals surface area contributed by atoms with E-state index in [4.69, 9.17) is 4.79 Å². The molecule has 0 bridgehead atoms. The van der Waals surface area contributed by atoms with Crippen LogP contribution in [0.4, 0.5) is 13.2 Å². The van der Waals surface area contributed by atoms with Crippen molar-refractivity contribution in [1.29, 1.82) is 0 Å². The summed E-state index contributed by atoms with van der Waals surface area (Å²) in [5.41, 5.74) is 5.13. The number of amides is 1. The highest BCUT2D eigenvalue weighted by atomic mass is 79.9. The third-order valence-corrected chi connectivity index (χ3v) is 1.92. The van der Waals surface area contributed by atoms with E-state index in [9.17, 15) is 13.2 Å². The summed E-state index contributed by atoms with van der Waals surface area (Å²) in [6.07, 6.45) is -4.86. The van der Waals surface area contributed by atoms with Gasteiger partial charge in [0.05, 0.1) is 0 Å². The maximum Gasteiger partial charge on any atom is 0.470 e. The first-order chi connectivity index (χ1) is 6.88. The van der Waals surface area contributed by atoms with Gasteiger partial charge < -0.3 is 5.73 Å². The fourth-order valence-electron chi connectivity index (χ4n) is 0.567. The smallest absolute Gasteiger partial charge is 0.362 e. The zero-order valence-corrected chi connectivity index (χ0v) is 9.18. The third-order valence-electron chi connectivity index (χ3n) is 1.28. The minimum absolute atomic E-state index is 0.952. The Morgan fingerprint density at radius 2 is 1.67 bits per heavy atom. The highest BCUT2D eigenvalue weighted by molar-refractivity contribution is 9.08. The first kappa shape index (κ1) is 14.0. The van der Waals surface area contributed by atoms with Crippen LogP contribution in [0, 0.1) is 0 Å². The molecule has 6 heteroatoms. The molecule has 0 saturated carbocycles. The van der Waals surface area contributed by atoms with Gasteiger partial charge in [-0.3, -0.25) is 4.79 Å². The predicted molar refractivity (Wildman–Crippen MR) is 54.3 cm³/mol. The summed E-state index contributed by atoms with van der Waals surface area (Å²) >= 11 is 3.36. The van der Waals surface area contributed by atoms with Crippen LogP contribution in [-0.2, 0) is 10.1 Å². The molecule has 1 rings (SSSR count). The van der Waals surface area contributed by atoms with Crippen LogP contribution >= 0.6 is 15.9 Å². The topological polar surface area (TPSA) is 43.1 Å². The summed E-state index contributed by atoms with van der Waals surface area (Å²) < 4.78 is 32.1. The number of rotatable bonds is 1. The zero-order valence-electron chi connectivity index (χ0n) is 7.59. The second-order valence-corrected chi connectivity index (χ2v) is 3.04. The van der Waals surface area contributed by atoms with Crippen molar-refractivity contribution in [1.82, 2.24) is 0 Å². The average molecular weight is 284 g/mol. The van der Waals surface area contributed by atoms with Gasteiger partial charge in [-0.1, -0.05) is 46.3 Å². The second kappa shape index (κ2) is 6.44. The molecule has 0 aromatic heterocycles. The lowest BCUT2D eigenvalue weighted by Crippen LogP contribution is -2.30. The number of carbonyl (C=O) groups excluding carboxylic acids is 1. The monoisotopic (exact) mass is 283 g/mol. The number of benzene rings is 1. The molecule has 0 aliphatic rings. The number of halogens is 4. The van der Waals surface area contributed by atoms with Crippen molar-refractivity contribution in [2.75, 3.05) is 0 Å². The quantitative estimate of drug-likeness (QED) is 0.791. The molecule has 1 amide bonds. The largest absolute Gasteiger partial charge is 0.470 e. The lowest BCUT2D eigenvalue weighted by molar-refractivity contribution is -0.169. The van der Waals surface area contributed by atoms with Crippen molar-refractivity contribution >= 4 is 21.8 Å². The van der Waals surface area contributed by atoms with E-state index in [-0.39, 0.29) is 0 Å². The summed E-state index contributed by atoms with van der Waals surface area (Å²) in [5, 5.41) is 0.952. The van der Waals surface area contributed by atoms with Crippen LogP contribution in [0.15, 0.2) is 30.3 Å². The molecular weight excluding hydrogens is 275 g/mol. The molecule has 0 atom stereocenters. The van der Waals surface area contributed by atoms with Crippen LogP contribution in [0.1, 0.15) is 5.56 Å². The summed E-state index contributed by atoms with van der Waals surface area (Å²) in [6, 6.07) is 10.3. The molecule has 2 N–H and O–H groups in total. The van der Waals surface area contributed by atoms with Gasteiger partial charge in [-0.25, -0.2) is 0 Å². The number of hydrogen-bond acceptors (Lipinski definition) is 1. The Morgan fingerprint density at radius 3 is 1.87 bits per heavy atom. The Labute approximate surface area is 93.4 Å². The van der Waals surface area contributed by atoms with Crippen LogP contribution < -0.4 is 5.73 Å². The van der Waals surface area contributed by atoms with E-state index in [0.717, 1.165) is 5.33 Å². The van der Waals surface area contributed by atoms with Gasteiger partial charge in [-0.05, 0) is 5.56 Å². The standard InChI is InChI=1S/C7H7Br.C2H2F3NO/c8-6-7-4-2-1-3-5-7;3-2(4,5)1(6)7/h1-5H,6H2;(H2,6,7). The number of alkyl halides is 4. The molecule has 0 spiro atoms. The third kappa shape index (κ3) is 6.96. The minimum Gasteiger partial charge on any atom is -0.362 e.